The van der Waals surface area contributed by atoms with Crippen LogP contribution in [-0.4, -0.2) is 63.2 Å². The molecule has 1 saturated carbocycles. The van der Waals surface area contributed by atoms with Crippen LogP contribution in [0.3, 0.4) is 0 Å². The summed E-state index contributed by atoms with van der Waals surface area (Å²) in [5.41, 5.74) is 13.9. The van der Waals surface area contributed by atoms with Crippen LogP contribution in [0.4, 0.5) is 4.39 Å². The number of hydrogen-bond donors (Lipinski definition) is 2. The van der Waals surface area contributed by atoms with Gasteiger partial charge in [0, 0.05) is 54.8 Å². The number of imidazole rings is 1. The van der Waals surface area contributed by atoms with Gasteiger partial charge in [0.15, 0.2) is 5.82 Å². The van der Waals surface area contributed by atoms with Crippen molar-refractivity contribution in [3.63, 3.8) is 0 Å². The van der Waals surface area contributed by atoms with Crippen LogP contribution < -0.4 is 15.8 Å². The molecule has 0 spiro atoms. The molecule has 0 radical (unpaired) electrons. The second-order valence-corrected chi connectivity index (χ2v) is 12.8. The molecule has 9 nitrogen and oxygen atoms in total. The summed E-state index contributed by atoms with van der Waals surface area (Å²) in [5.74, 6) is 1.63. The van der Waals surface area contributed by atoms with Crippen LogP contribution >= 0.6 is 0 Å². The fourth-order valence-corrected chi connectivity index (χ4v) is 7.03. The summed E-state index contributed by atoms with van der Waals surface area (Å²) < 4.78 is 24.5. The SMILES string of the molecule is COc1cc(C(=O)N2C[C@H](N)C[C@@H](F)C2)cc2nc(-c3cc4ccc(-c5ccc6c(c5)CNC6=O)cc4n3CC3CC3)n(C)c12. The molecule has 2 aromatic heterocycles. The molecule has 4 heterocycles. The lowest BCUT2D eigenvalue weighted by Crippen LogP contribution is -2.50. The molecule has 5 aromatic rings. The maximum atomic E-state index is 14.3. The van der Waals surface area contributed by atoms with Gasteiger partial charge in [-0.3, -0.25) is 9.59 Å². The first-order chi connectivity index (χ1) is 21.8. The second kappa shape index (κ2) is 10.4. The van der Waals surface area contributed by atoms with Crippen LogP contribution in [0.15, 0.2) is 54.6 Å². The number of ether oxygens (including phenoxy) is 1. The van der Waals surface area contributed by atoms with Crippen molar-refractivity contribution in [2.45, 2.75) is 44.6 Å². The highest BCUT2D eigenvalue weighted by atomic mass is 19.1. The number of carbonyl (C=O) groups excluding carboxylic acids is 2. The van der Waals surface area contributed by atoms with Crippen molar-refractivity contribution in [2.24, 2.45) is 18.7 Å². The number of halogens is 1. The second-order valence-electron chi connectivity index (χ2n) is 12.8. The fourth-order valence-electron chi connectivity index (χ4n) is 7.03. The number of carbonyl (C=O) groups is 2. The predicted octanol–water partition coefficient (Wildman–Crippen LogP) is 5.04. The Hall–Kier alpha value is -4.70. The molecule has 2 amide bonds. The number of fused-ring (bicyclic) bond motifs is 3. The van der Waals surface area contributed by atoms with Crippen molar-refractivity contribution in [1.29, 1.82) is 0 Å². The van der Waals surface area contributed by atoms with E-state index < -0.39 is 6.17 Å². The molecule has 0 bridgehead atoms. The average molecular weight is 607 g/mol. The minimum atomic E-state index is -1.14. The number of nitrogens with two attached hydrogens (primary N) is 1. The molecule has 2 atom stereocenters. The lowest BCUT2D eigenvalue weighted by molar-refractivity contribution is 0.0606. The zero-order chi connectivity index (χ0) is 31.0. The molecule has 2 fully saturated rings. The number of nitrogens with one attached hydrogen (secondary N) is 1. The van der Waals surface area contributed by atoms with E-state index in [-0.39, 0.29) is 30.8 Å². The number of nitrogens with zero attached hydrogens (tertiary/aromatic N) is 4. The third-order valence-corrected chi connectivity index (χ3v) is 9.51. The summed E-state index contributed by atoms with van der Waals surface area (Å²) in [6, 6.07) is 17.8. The van der Waals surface area contributed by atoms with Crippen LogP contribution in [0, 0.1) is 5.92 Å². The summed E-state index contributed by atoms with van der Waals surface area (Å²) in [7, 11) is 3.55. The zero-order valence-electron chi connectivity index (χ0n) is 25.3. The topological polar surface area (TPSA) is 107 Å². The summed E-state index contributed by atoms with van der Waals surface area (Å²) in [4.78, 5) is 32.1. The van der Waals surface area contributed by atoms with Gasteiger partial charge >= 0.3 is 0 Å². The molecule has 0 unspecified atom stereocenters. The Morgan fingerprint density at radius 2 is 1.89 bits per heavy atom. The van der Waals surface area contributed by atoms with Crippen LogP contribution in [0.2, 0.25) is 0 Å². The van der Waals surface area contributed by atoms with Crippen LogP contribution in [-0.2, 0) is 20.1 Å². The molecule has 1 aliphatic carbocycles. The molecule has 10 heteroatoms. The zero-order valence-corrected chi connectivity index (χ0v) is 25.3. The molecular formula is C35H35FN6O3. The highest BCUT2D eigenvalue weighted by molar-refractivity contribution is 6.01. The number of rotatable bonds is 6. The van der Waals surface area contributed by atoms with E-state index in [1.54, 1.807) is 19.2 Å². The molecular weight excluding hydrogens is 571 g/mol. The Bertz CT molecular complexity index is 2020. The summed E-state index contributed by atoms with van der Waals surface area (Å²) >= 11 is 0. The van der Waals surface area contributed by atoms with Gasteiger partial charge in [-0.15, -0.1) is 0 Å². The van der Waals surface area contributed by atoms with Crippen LogP contribution in [0.1, 0.15) is 45.5 Å². The molecule has 8 rings (SSSR count). The number of aryl methyl sites for hydroxylation is 1. The first-order valence-corrected chi connectivity index (χ1v) is 15.6. The van der Waals surface area contributed by atoms with E-state index in [0.717, 1.165) is 56.7 Å². The van der Waals surface area contributed by atoms with Gasteiger partial charge in [-0.25, -0.2) is 9.37 Å². The Kier molecular flexibility index (Phi) is 6.46. The van der Waals surface area contributed by atoms with Gasteiger partial charge < -0.3 is 29.8 Å². The van der Waals surface area contributed by atoms with E-state index in [1.165, 1.54) is 17.7 Å². The highest BCUT2D eigenvalue weighted by Gasteiger charge is 2.30. The van der Waals surface area contributed by atoms with Crippen molar-refractivity contribution in [3.8, 4) is 28.4 Å². The Morgan fingerprint density at radius 3 is 2.67 bits per heavy atom. The van der Waals surface area contributed by atoms with Gasteiger partial charge in [-0.2, -0.15) is 0 Å². The first kappa shape index (κ1) is 27.8. The molecule has 3 N–H and O–H groups in total. The highest BCUT2D eigenvalue weighted by Crippen LogP contribution is 2.39. The van der Waals surface area contributed by atoms with E-state index in [0.29, 0.717) is 35.8 Å². The lowest BCUT2D eigenvalue weighted by atomic mass is 9.99. The number of amides is 2. The number of alkyl halides is 1. The van der Waals surface area contributed by atoms with Gasteiger partial charge in [0.25, 0.3) is 11.8 Å². The van der Waals surface area contributed by atoms with Crippen LogP contribution in [0.5, 0.6) is 5.75 Å². The van der Waals surface area contributed by atoms with E-state index in [1.807, 2.05) is 23.7 Å². The van der Waals surface area contributed by atoms with Gasteiger partial charge in [0.1, 0.15) is 17.4 Å². The van der Waals surface area contributed by atoms with Gasteiger partial charge in [0.05, 0.1) is 24.9 Å². The molecule has 45 heavy (non-hydrogen) atoms. The summed E-state index contributed by atoms with van der Waals surface area (Å²) in [6.07, 6.45) is 1.53. The van der Waals surface area contributed by atoms with E-state index >= 15 is 0 Å². The van der Waals surface area contributed by atoms with E-state index in [4.69, 9.17) is 15.5 Å². The molecule has 230 valence electrons. The molecule has 2 aliphatic heterocycles. The van der Waals surface area contributed by atoms with Crippen molar-refractivity contribution >= 4 is 33.8 Å². The monoisotopic (exact) mass is 606 g/mol. The fraction of sp³-hybridized carbons (Fsp3) is 0.343. The minimum absolute atomic E-state index is 0.0189. The van der Waals surface area contributed by atoms with Gasteiger partial charge in [0.2, 0.25) is 0 Å². The van der Waals surface area contributed by atoms with E-state index in [9.17, 15) is 14.0 Å². The average Bonchev–Trinajstić information content (AvgIpc) is 3.56. The maximum absolute atomic E-state index is 14.3. The van der Waals surface area contributed by atoms with Gasteiger partial charge in [-0.1, -0.05) is 18.2 Å². The van der Waals surface area contributed by atoms with Crippen molar-refractivity contribution in [3.05, 3.63) is 71.3 Å². The minimum Gasteiger partial charge on any atom is -0.494 e. The Balaban J connectivity index is 1.22. The number of likely N-dealkylation sites (tertiary alicyclic amines) is 1. The third kappa shape index (κ3) is 4.75. The van der Waals surface area contributed by atoms with E-state index in [2.05, 4.69) is 40.2 Å². The maximum Gasteiger partial charge on any atom is 0.254 e. The standard InChI is InChI=1S/C35H35FN6O3/c1-40-32-28(10-23(13-31(32)45-2)35(44)41-17-25(36)14-26(37)18-41)39-33(40)30-12-22-6-5-21(11-29(22)42(30)16-19-3-4-19)20-7-8-27-24(9-20)15-38-34(27)43/h5-13,19,25-26H,3-4,14-18,37H2,1-2H3,(H,38,43)/t25-,26-/m1/s1. The largest absolute Gasteiger partial charge is 0.494 e. The normalized spacial score (nSPS) is 19.7. The van der Waals surface area contributed by atoms with Crippen LogP contribution in [0.25, 0.3) is 44.6 Å². The molecule has 1 saturated heterocycles. The number of hydrogen-bond acceptors (Lipinski definition) is 5. The van der Waals surface area contributed by atoms with Crippen molar-refractivity contribution in [2.75, 3.05) is 20.2 Å². The Labute approximate surface area is 259 Å². The quantitative estimate of drug-likeness (QED) is 0.282. The number of methoxy groups -OCH3 is 1. The molecule has 3 aromatic carbocycles. The summed E-state index contributed by atoms with van der Waals surface area (Å²) in [5, 5.41) is 4.02. The van der Waals surface area contributed by atoms with Gasteiger partial charge in [-0.05, 0) is 78.3 Å². The first-order valence-electron chi connectivity index (χ1n) is 15.6. The number of piperidine rings is 1. The third-order valence-electron chi connectivity index (χ3n) is 9.51. The lowest BCUT2D eigenvalue weighted by Gasteiger charge is -2.33. The number of benzene rings is 3. The van der Waals surface area contributed by atoms with Crippen molar-refractivity contribution in [1.82, 2.24) is 24.3 Å². The predicted molar refractivity (Wildman–Crippen MR) is 171 cm³/mol. The number of aromatic nitrogens is 3. The summed E-state index contributed by atoms with van der Waals surface area (Å²) in [6.45, 7) is 1.79. The molecule has 3 aliphatic rings. The van der Waals surface area contributed by atoms with Crippen molar-refractivity contribution < 1.29 is 18.7 Å². The smallest absolute Gasteiger partial charge is 0.254 e. The Morgan fingerprint density at radius 1 is 1.09 bits per heavy atom.